The highest BCUT2D eigenvalue weighted by Gasteiger charge is 2.22. The summed E-state index contributed by atoms with van der Waals surface area (Å²) in [6.07, 6.45) is 7.15. The first-order chi connectivity index (χ1) is 8.76. The van der Waals surface area contributed by atoms with Crippen LogP contribution in [0.25, 0.3) is 0 Å². The molecule has 2 rings (SSSR count). The van der Waals surface area contributed by atoms with Gasteiger partial charge in [-0.05, 0) is 12.8 Å². The van der Waals surface area contributed by atoms with Crippen molar-refractivity contribution in [2.75, 3.05) is 12.9 Å². The average molecular weight is 270 g/mol. The van der Waals surface area contributed by atoms with Crippen molar-refractivity contribution in [3.63, 3.8) is 0 Å². The predicted octanol–water partition coefficient (Wildman–Crippen LogP) is 1.61. The Morgan fingerprint density at radius 2 is 2.33 bits per heavy atom. The summed E-state index contributed by atoms with van der Waals surface area (Å²) in [5, 5.41) is 5.01. The highest BCUT2D eigenvalue weighted by molar-refractivity contribution is 7.99. The standard InChI is InChI=1S/C12H22N4OS/c1-16-12(11(17-2)7-14-16)10(15-13)8-18-9-5-3-4-6-9/h7,9-10,15H,3-6,8,13H2,1-2H3. The van der Waals surface area contributed by atoms with Gasteiger partial charge in [0.2, 0.25) is 0 Å². The third-order valence-corrected chi connectivity index (χ3v) is 4.97. The summed E-state index contributed by atoms with van der Waals surface area (Å²) in [6.45, 7) is 0. The Balaban J connectivity index is 2.00. The molecule has 0 spiro atoms. The number of nitrogens with two attached hydrogens (primary N) is 1. The molecule has 3 N–H and O–H groups in total. The smallest absolute Gasteiger partial charge is 0.161 e. The Hall–Kier alpha value is -0.720. The van der Waals surface area contributed by atoms with Gasteiger partial charge in [0.25, 0.3) is 0 Å². The van der Waals surface area contributed by atoms with E-state index in [-0.39, 0.29) is 6.04 Å². The number of nitrogens with one attached hydrogen (secondary N) is 1. The molecule has 102 valence electrons. The van der Waals surface area contributed by atoms with Crippen LogP contribution in [0, 0.1) is 0 Å². The molecule has 1 aromatic rings. The molecular weight excluding hydrogens is 248 g/mol. The van der Waals surface area contributed by atoms with Gasteiger partial charge in [-0.25, -0.2) is 0 Å². The number of hydrazine groups is 1. The Morgan fingerprint density at radius 3 is 2.94 bits per heavy atom. The van der Waals surface area contributed by atoms with E-state index in [1.807, 2.05) is 23.5 Å². The molecule has 5 nitrogen and oxygen atoms in total. The van der Waals surface area contributed by atoms with Gasteiger partial charge in [-0.3, -0.25) is 16.0 Å². The highest BCUT2D eigenvalue weighted by Crippen LogP contribution is 2.33. The van der Waals surface area contributed by atoms with Crippen LogP contribution in [0.4, 0.5) is 0 Å². The van der Waals surface area contributed by atoms with Gasteiger partial charge in [0.15, 0.2) is 5.75 Å². The van der Waals surface area contributed by atoms with Crippen molar-refractivity contribution >= 4 is 11.8 Å². The molecule has 1 unspecified atom stereocenters. The highest BCUT2D eigenvalue weighted by atomic mass is 32.2. The zero-order valence-electron chi connectivity index (χ0n) is 11.1. The van der Waals surface area contributed by atoms with Crippen molar-refractivity contribution in [3.8, 4) is 5.75 Å². The first kappa shape index (κ1) is 13.7. The third kappa shape index (κ3) is 2.99. The summed E-state index contributed by atoms with van der Waals surface area (Å²) >= 11 is 2.00. The minimum Gasteiger partial charge on any atom is -0.493 e. The van der Waals surface area contributed by atoms with Crippen LogP contribution >= 0.6 is 11.8 Å². The van der Waals surface area contributed by atoms with Crippen molar-refractivity contribution in [1.82, 2.24) is 15.2 Å². The van der Waals surface area contributed by atoms with E-state index in [1.165, 1.54) is 25.7 Å². The van der Waals surface area contributed by atoms with Gasteiger partial charge in [0.1, 0.15) is 0 Å². The lowest BCUT2D eigenvalue weighted by Crippen LogP contribution is -2.32. The normalized spacial score (nSPS) is 18.2. The molecule has 1 heterocycles. The lowest BCUT2D eigenvalue weighted by molar-refractivity contribution is 0.399. The second-order valence-electron chi connectivity index (χ2n) is 4.68. The van der Waals surface area contributed by atoms with Crippen molar-refractivity contribution < 1.29 is 4.74 Å². The lowest BCUT2D eigenvalue weighted by atomic mass is 10.2. The van der Waals surface area contributed by atoms with Crippen molar-refractivity contribution in [2.45, 2.75) is 37.0 Å². The Morgan fingerprint density at radius 1 is 1.61 bits per heavy atom. The summed E-state index contributed by atoms with van der Waals surface area (Å²) in [5.41, 5.74) is 3.90. The first-order valence-corrected chi connectivity index (χ1v) is 7.44. The fourth-order valence-corrected chi connectivity index (χ4v) is 3.86. The molecule has 0 radical (unpaired) electrons. The van der Waals surface area contributed by atoms with Crippen molar-refractivity contribution in [3.05, 3.63) is 11.9 Å². The van der Waals surface area contributed by atoms with Crippen LogP contribution in [-0.4, -0.2) is 27.9 Å². The van der Waals surface area contributed by atoms with Gasteiger partial charge >= 0.3 is 0 Å². The number of aromatic nitrogens is 2. The minimum absolute atomic E-state index is 0.0815. The van der Waals surface area contributed by atoms with Crippen LogP contribution in [0.1, 0.15) is 37.4 Å². The van der Waals surface area contributed by atoms with Crippen LogP contribution in [-0.2, 0) is 7.05 Å². The van der Waals surface area contributed by atoms with E-state index in [9.17, 15) is 0 Å². The van der Waals surface area contributed by atoms with E-state index >= 15 is 0 Å². The molecule has 0 amide bonds. The number of methoxy groups -OCH3 is 1. The zero-order chi connectivity index (χ0) is 13.0. The van der Waals surface area contributed by atoms with Gasteiger partial charge in [0, 0.05) is 18.1 Å². The molecule has 0 saturated heterocycles. The van der Waals surface area contributed by atoms with Crippen LogP contribution in [0.15, 0.2) is 6.20 Å². The van der Waals surface area contributed by atoms with E-state index in [4.69, 9.17) is 10.6 Å². The molecule has 0 bridgehead atoms. The number of hydrogen-bond donors (Lipinski definition) is 2. The maximum absolute atomic E-state index is 5.68. The third-order valence-electron chi connectivity index (χ3n) is 3.50. The lowest BCUT2D eigenvalue weighted by Gasteiger charge is -2.19. The summed E-state index contributed by atoms with van der Waals surface area (Å²) in [4.78, 5) is 0. The van der Waals surface area contributed by atoms with E-state index in [0.717, 1.165) is 22.4 Å². The van der Waals surface area contributed by atoms with Crippen LogP contribution in [0.3, 0.4) is 0 Å². The largest absolute Gasteiger partial charge is 0.493 e. The maximum atomic E-state index is 5.68. The number of hydrogen-bond acceptors (Lipinski definition) is 5. The van der Waals surface area contributed by atoms with Crippen LogP contribution < -0.4 is 16.0 Å². The zero-order valence-corrected chi connectivity index (χ0v) is 11.9. The summed E-state index contributed by atoms with van der Waals surface area (Å²) in [5.74, 6) is 7.44. The molecule has 1 aromatic heterocycles. The van der Waals surface area contributed by atoms with Crippen molar-refractivity contribution in [1.29, 1.82) is 0 Å². The van der Waals surface area contributed by atoms with E-state index < -0.39 is 0 Å². The molecule has 0 aromatic carbocycles. The number of rotatable bonds is 6. The SMILES string of the molecule is COc1cnn(C)c1C(CSC1CCCC1)NN. The minimum atomic E-state index is 0.0815. The molecule has 1 aliphatic rings. The maximum Gasteiger partial charge on any atom is 0.161 e. The molecule has 1 aliphatic carbocycles. The van der Waals surface area contributed by atoms with Crippen LogP contribution in [0.5, 0.6) is 5.75 Å². The van der Waals surface area contributed by atoms with E-state index in [2.05, 4.69) is 10.5 Å². The molecule has 1 atom stereocenters. The van der Waals surface area contributed by atoms with Gasteiger partial charge in [0.05, 0.1) is 25.0 Å². The van der Waals surface area contributed by atoms with Crippen LogP contribution in [0.2, 0.25) is 0 Å². The quantitative estimate of drug-likeness (QED) is 0.607. The van der Waals surface area contributed by atoms with E-state index in [0.29, 0.717) is 0 Å². The van der Waals surface area contributed by atoms with Crippen molar-refractivity contribution in [2.24, 2.45) is 12.9 Å². The van der Waals surface area contributed by atoms with E-state index in [1.54, 1.807) is 13.3 Å². The summed E-state index contributed by atoms with van der Waals surface area (Å²) < 4.78 is 7.16. The predicted molar refractivity (Wildman–Crippen MR) is 74.5 cm³/mol. The monoisotopic (exact) mass is 270 g/mol. The van der Waals surface area contributed by atoms with Gasteiger partial charge in [-0.2, -0.15) is 16.9 Å². The first-order valence-electron chi connectivity index (χ1n) is 6.40. The molecular formula is C12H22N4OS. The molecule has 1 saturated carbocycles. The topological polar surface area (TPSA) is 65.1 Å². The Labute approximate surface area is 112 Å². The summed E-state index contributed by atoms with van der Waals surface area (Å²) in [7, 11) is 3.58. The van der Waals surface area contributed by atoms with Gasteiger partial charge in [-0.1, -0.05) is 12.8 Å². The number of thioether (sulfide) groups is 1. The molecule has 6 heteroatoms. The second kappa shape index (κ2) is 6.45. The molecule has 18 heavy (non-hydrogen) atoms. The second-order valence-corrected chi connectivity index (χ2v) is 6.01. The Kier molecular flexibility index (Phi) is 4.91. The number of nitrogens with zero attached hydrogens (tertiary/aromatic N) is 2. The molecule has 1 fully saturated rings. The fourth-order valence-electron chi connectivity index (χ4n) is 2.47. The number of aryl methyl sites for hydroxylation is 1. The fraction of sp³-hybridized carbons (Fsp3) is 0.750. The summed E-state index contributed by atoms with van der Waals surface area (Å²) in [6, 6.07) is 0.0815. The van der Waals surface area contributed by atoms with Gasteiger partial charge in [-0.15, -0.1) is 0 Å². The number of ether oxygens (including phenoxy) is 1. The molecule has 0 aliphatic heterocycles. The average Bonchev–Trinajstić information content (AvgIpc) is 3.01. The Bertz CT molecular complexity index is 376. The van der Waals surface area contributed by atoms with Gasteiger partial charge < -0.3 is 4.74 Å².